The van der Waals surface area contributed by atoms with E-state index < -0.39 is 0 Å². The quantitative estimate of drug-likeness (QED) is 0.503. The molecular weight excluding hydrogens is 473 g/mol. The molecule has 3 aromatic rings. The van der Waals surface area contributed by atoms with Crippen LogP contribution in [0.1, 0.15) is 26.3 Å². The molecule has 34 heavy (non-hydrogen) atoms. The zero-order valence-corrected chi connectivity index (χ0v) is 20.5. The first-order valence-electron chi connectivity index (χ1n) is 10.9. The van der Waals surface area contributed by atoms with Crippen molar-refractivity contribution in [2.24, 2.45) is 0 Å². The van der Waals surface area contributed by atoms with Gasteiger partial charge < -0.3 is 19.9 Å². The summed E-state index contributed by atoms with van der Waals surface area (Å²) in [6.45, 7) is 4.30. The molecule has 4 rings (SSSR count). The fourth-order valence-electron chi connectivity index (χ4n) is 3.95. The van der Waals surface area contributed by atoms with Crippen molar-refractivity contribution in [3.8, 4) is 5.75 Å². The summed E-state index contributed by atoms with van der Waals surface area (Å²) in [5.41, 5.74) is 3.54. The number of hydrogen-bond acceptors (Lipinski definition) is 4. The largest absolute Gasteiger partial charge is 0.495 e. The van der Waals surface area contributed by atoms with Crippen LogP contribution in [0.5, 0.6) is 5.75 Å². The molecule has 1 aliphatic heterocycles. The monoisotopic (exact) mass is 497 g/mol. The van der Waals surface area contributed by atoms with Gasteiger partial charge in [0.1, 0.15) is 5.75 Å². The lowest BCUT2D eigenvalue weighted by Crippen LogP contribution is -2.49. The molecule has 1 heterocycles. The van der Waals surface area contributed by atoms with Gasteiger partial charge in [0, 0.05) is 37.3 Å². The van der Waals surface area contributed by atoms with E-state index in [0.29, 0.717) is 58.8 Å². The maximum Gasteiger partial charge on any atom is 0.255 e. The van der Waals surface area contributed by atoms with E-state index >= 15 is 0 Å². The average Bonchev–Trinajstić information content (AvgIpc) is 2.84. The van der Waals surface area contributed by atoms with E-state index in [4.69, 9.17) is 27.9 Å². The van der Waals surface area contributed by atoms with E-state index in [9.17, 15) is 9.59 Å². The first-order chi connectivity index (χ1) is 16.4. The van der Waals surface area contributed by atoms with E-state index in [0.717, 1.165) is 11.3 Å². The molecule has 0 saturated carbocycles. The fourth-order valence-corrected chi connectivity index (χ4v) is 4.50. The maximum absolute atomic E-state index is 12.9. The molecule has 3 aromatic carbocycles. The van der Waals surface area contributed by atoms with Crippen molar-refractivity contribution in [1.82, 2.24) is 4.90 Å². The van der Waals surface area contributed by atoms with Gasteiger partial charge in [-0.1, -0.05) is 47.0 Å². The maximum atomic E-state index is 12.9. The summed E-state index contributed by atoms with van der Waals surface area (Å²) in [6.07, 6.45) is 0. The predicted octanol–water partition coefficient (Wildman–Crippen LogP) is 5.53. The Morgan fingerprint density at radius 2 is 1.56 bits per heavy atom. The summed E-state index contributed by atoms with van der Waals surface area (Å²) in [5.74, 6) is 0.213. The van der Waals surface area contributed by atoms with Crippen LogP contribution < -0.4 is 15.0 Å². The predicted molar refractivity (Wildman–Crippen MR) is 137 cm³/mol. The van der Waals surface area contributed by atoms with Crippen LogP contribution >= 0.6 is 23.2 Å². The lowest BCUT2D eigenvalue weighted by atomic mass is 10.1. The third-order valence-electron chi connectivity index (χ3n) is 5.83. The number of aryl methyl sites for hydroxylation is 1. The molecule has 2 amide bonds. The second kappa shape index (κ2) is 10.4. The van der Waals surface area contributed by atoms with E-state index in [1.54, 1.807) is 30.3 Å². The Morgan fingerprint density at radius 3 is 2.21 bits per heavy atom. The van der Waals surface area contributed by atoms with Crippen molar-refractivity contribution in [3.63, 3.8) is 0 Å². The Morgan fingerprint density at radius 1 is 0.882 bits per heavy atom. The van der Waals surface area contributed by atoms with Crippen LogP contribution in [0.25, 0.3) is 0 Å². The van der Waals surface area contributed by atoms with Crippen LogP contribution in [0.3, 0.4) is 0 Å². The topological polar surface area (TPSA) is 61.9 Å². The highest BCUT2D eigenvalue weighted by molar-refractivity contribution is 6.34. The van der Waals surface area contributed by atoms with Crippen LogP contribution in [-0.2, 0) is 0 Å². The van der Waals surface area contributed by atoms with E-state index in [-0.39, 0.29) is 11.8 Å². The van der Waals surface area contributed by atoms with Gasteiger partial charge in [-0.2, -0.15) is 0 Å². The smallest absolute Gasteiger partial charge is 0.255 e. The third-order valence-corrected chi connectivity index (χ3v) is 6.43. The normalized spacial score (nSPS) is 13.5. The molecular formula is C26H25Cl2N3O3. The van der Waals surface area contributed by atoms with Crippen molar-refractivity contribution in [2.45, 2.75) is 6.92 Å². The second-order valence-electron chi connectivity index (χ2n) is 8.08. The third kappa shape index (κ3) is 5.13. The molecule has 8 heteroatoms. The van der Waals surface area contributed by atoms with Gasteiger partial charge in [-0.05, 0) is 49.4 Å². The zero-order chi connectivity index (χ0) is 24.2. The van der Waals surface area contributed by atoms with Crippen LogP contribution in [0, 0.1) is 6.92 Å². The minimum absolute atomic E-state index is 0.0173. The molecule has 0 aromatic heterocycles. The summed E-state index contributed by atoms with van der Waals surface area (Å²) in [7, 11) is 1.52. The molecule has 0 spiro atoms. The molecule has 176 valence electrons. The highest BCUT2D eigenvalue weighted by Gasteiger charge is 2.25. The lowest BCUT2D eigenvalue weighted by Gasteiger charge is -2.37. The van der Waals surface area contributed by atoms with Gasteiger partial charge in [0.15, 0.2) is 0 Å². The summed E-state index contributed by atoms with van der Waals surface area (Å²) in [5, 5.41) is 3.84. The first kappa shape index (κ1) is 23.9. The van der Waals surface area contributed by atoms with Crippen LogP contribution in [-0.4, -0.2) is 50.0 Å². The zero-order valence-electron chi connectivity index (χ0n) is 19.0. The number of ether oxygens (including phenoxy) is 1. The minimum atomic E-state index is -0.304. The highest BCUT2D eigenvalue weighted by atomic mass is 35.5. The first-order valence-corrected chi connectivity index (χ1v) is 11.7. The summed E-state index contributed by atoms with van der Waals surface area (Å²) in [6, 6.07) is 17.9. The number of carbonyl (C=O) groups excluding carboxylic acids is 2. The number of methoxy groups -OCH3 is 1. The molecule has 1 N–H and O–H groups in total. The number of anilines is 2. The number of hydrogen-bond donors (Lipinski definition) is 1. The van der Waals surface area contributed by atoms with Crippen molar-refractivity contribution >= 4 is 46.4 Å². The van der Waals surface area contributed by atoms with E-state index in [1.165, 1.54) is 7.11 Å². The van der Waals surface area contributed by atoms with Gasteiger partial charge in [-0.15, -0.1) is 0 Å². The van der Waals surface area contributed by atoms with Crippen molar-refractivity contribution in [2.75, 3.05) is 43.5 Å². The summed E-state index contributed by atoms with van der Waals surface area (Å²) in [4.78, 5) is 29.7. The molecule has 1 aliphatic rings. The van der Waals surface area contributed by atoms with Crippen molar-refractivity contribution < 1.29 is 14.3 Å². The number of benzene rings is 3. The molecule has 6 nitrogen and oxygen atoms in total. The fraction of sp³-hybridized carbons (Fsp3) is 0.231. The summed E-state index contributed by atoms with van der Waals surface area (Å²) >= 11 is 12.7. The minimum Gasteiger partial charge on any atom is -0.495 e. The number of halogens is 2. The number of para-hydroxylation sites is 1. The molecule has 1 fully saturated rings. The Kier molecular flexibility index (Phi) is 7.29. The van der Waals surface area contributed by atoms with Crippen LogP contribution in [0.15, 0.2) is 60.7 Å². The summed E-state index contributed by atoms with van der Waals surface area (Å²) < 4.78 is 5.16. The van der Waals surface area contributed by atoms with Gasteiger partial charge in [0.2, 0.25) is 0 Å². The van der Waals surface area contributed by atoms with E-state index in [1.807, 2.05) is 42.2 Å². The Balaban J connectivity index is 1.48. The highest BCUT2D eigenvalue weighted by Crippen LogP contribution is 2.35. The lowest BCUT2D eigenvalue weighted by molar-refractivity contribution is 0.0746. The van der Waals surface area contributed by atoms with E-state index in [2.05, 4.69) is 10.2 Å². The van der Waals surface area contributed by atoms with Gasteiger partial charge in [0.25, 0.3) is 11.8 Å². The van der Waals surface area contributed by atoms with Gasteiger partial charge in [-0.25, -0.2) is 0 Å². The van der Waals surface area contributed by atoms with Crippen LogP contribution in [0.4, 0.5) is 11.4 Å². The molecule has 0 radical (unpaired) electrons. The number of piperazine rings is 1. The Bertz CT molecular complexity index is 1210. The molecule has 0 atom stereocenters. The number of carbonyl (C=O) groups is 2. The molecule has 0 unspecified atom stereocenters. The van der Waals surface area contributed by atoms with Crippen molar-refractivity contribution in [3.05, 3.63) is 87.4 Å². The standard InChI is InChI=1S/C26H25Cl2N3O3/c1-17-6-8-18(9-7-17)26(33)31-14-12-30(13-15-31)24-20(27)4-3-5-22(24)29-25(32)19-10-11-23(34-2)21(28)16-19/h3-11,16H,12-15H2,1-2H3,(H,29,32). The molecule has 1 saturated heterocycles. The van der Waals surface area contributed by atoms with Crippen molar-refractivity contribution in [1.29, 1.82) is 0 Å². The average molecular weight is 498 g/mol. The Labute approximate surface area is 209 Å². The van der Waals surface area contributed by atoms with Crippen LogP contribution in [0.2, 0.25) is 10.0 Å². The van der Waals surface area contributed by atoms with Gasteiger partial charge in [-0.3, -0.25) is 9.59 Å². The van der Waals surface area contributed by atoms with Gasteiger partial charge >= 0.3 is 0 Å². The number of rotatable bonds is 5. The number of nitrogens with zero attached hydrogens (tertiary/aromatic N) is 2. The SMILES string of the molecule is COc1ccc(C(=O)Nc2cccc(Cl)c2N2CCN(C(=O)c3ccc(C)cc3)CC2)cc1Cl. The molecule has 0 aliphatic carbocycles. The second-order valence-corrected chi connectivity index (χ2v) is 8.90. The number of amides is 2. The van der Waals surface area contributed by atoms with Gasteiger partial charge in [0.05, 0.1) is 28.5 Å². The Hall–Kier alpha value is -3.22. The number of nitrogens with one attached hydrogen (secondary N) is 1. The molecule has 0 bridgehead atoms.